The number of benzene rings is 2. The lowest BCUT2D eigenvalue weighted by atomic mass is 9.92. The summed E-state index contributed by atoms with van der Waals surface area (Å²) >= 11 is 3.74. The molecule has 2 aromatic rings. The van der Waals surface area contributed by atoms with Gasteiger partial charge in [-0.2, -0.15) is 0 Å². The van der Waals surface area contributed by atoms with Crippen LogP contribution in [0.2, 0.25) is 0 Å². The molecule has 0 amide bonds. The Balaban J connectivity index is 1.46. The Morgan fingerprint density at radius 3 is 2.43 bits per heavy atom. The highest BCUT2D eigenvalue weighted by atomic mass is 79.9. The van der Waals surface area contributed by atoms with Gasteiger partial charge in [0.15, 0.2) is 6.29 Å². The number of hydrogen-bond acceptors (Lipinski definition) is 4. The highest BCUT2D eigenvalue weighted by Gasteiger charge is 2.24. The first-order valence-electron chi connectivity index (χ1n) is 10.6. The molecule has 2 aliphatic heterocycles. The molecule has 4 nitrogen and oxygen atoms in total. The van der Waals surface area contributed by atoms with Crippen LogP contribution in [-0.2, 0) is 9.47 Å². The Hall–Kier alpha value is -1.82. The van der Waals surface area contributed by atoms with Crippen LogP contribution in [0.15, 0.2) is 46.9 Å². The summed E-state index contributed by atoms with van der Waals surface area (Å²) in [6.07, 6.45) is 3.24. The molecule has 2 aromatic carbocycles. The van der Waals surface area contributed by atoms with Crippen molar-refractivity contribution in [3.63, 3.8) is 0 Å². The van der Waals surface area contributed by atoms with Gasteiger partial charge in [-0.1, -0.05) is 40.2 Å². The van der Waals surface area contributed by atoms with Gasteiger partial charge in [-0.25, -0.2) is 0 Å². The molecule has 5 heteroatoms. The third-order valence-electron chi connectivity index (χ3n) is 6.22. The van der Waals surface area contributed by atoms with Gasteiger partial charge in [-0.3, -0.25) is 0 Å². The molecule has 0 aliphatic carbocycles. The Morgan fingerprint density at radius 2 is 1.77 bits per heavy atom. The Bertz CT molecular complexity index is 897. The van der Waals surface area contributed by atoms with Crippen molar-refractivity contribution in [1.82, 2.24) is 0 Å². The maximum atomic E-state index is 5.91. The molecule has 0 spiro atoms. The number of fused-ring (bicyclic) bond motifs is 1. The van der Waals surface area contributed by atoms with Crippen molar-refractivity contribution in [2.45, 2.75) is 32.5 Å². The molecule has 2 heterocycles. The SMILES string of the molecule is COC(CC1CCN(c2ccc(C3=C(Br)COc4cc(C)ccc43)cc2)CC1)OC. The highest BCUT2D eigenvalue weighted by Crippen LogP contribution is 2.40. The second-order valence-electron chi connectivity index (χ2n) is 8.18. The number of rotatable bonds is 6. The van der Waals surface area contributed by atoms with E-state index in [-0.39, 0.29) is 6.29 Å². The molecular weight excluding hydrogens is 442 g/mol. The van der Waals surface area contributed by atoms with Crippen molar-refractivity contribution in [2.75, 3.05) is 38.8 Å². The molecule has 0 aromatic heterocycles. The van der Waals surface area contributed by atoms with E-state index < -0.39 is 0 Å². The van der Waals surface area contributed by atoms with Gasteiger partial charge in [0, 0.05) is 55.0 Å². The molecular formula is C25H30BrNO3. The minimum absolute atomic E-state index is 0.0845. The van der Waals surface area contributed by atoms with E-state index in [9.17, 15) is 0 Å². The normalized spacial score (nSPS) is 17.3. The molecule has 0 bridgehead atoms. The minimum atomic E-state index is -0.0845. The first kappa shape index (κ1) is 21.4. The van der Waals surface area contributed by atoms with E-state index in [1.54, 1.807) is 14.2 Å². The highest BCUT2D eigenvalue weighted by molar-refractivity contribution is 9.11. The van der Waals surface area contributed by atoms with Crippen LogP contribution in [0.1, 0.15) is 36.0 Å². The average Bonchev–Trinajstić information content (AvgIpc) is 2.78. The third kappa shape index (κ3) is 4.58. The molecule has 4 rings (SSSR count). The minimum Gasteiger partial charge on any atom is -0.488 e. The fourth-order valence-corrected chi connectivity index (χ4v) is 5.01. The van der Waals surface area contributed by atoms with Crippen molar-refractivity contribution >= 4 is 27.2 Å². The average molecular weight is 472 g/mol. The maximum absolute atomic E-state index is 5.91. The van der Waals surface area contributed by atoms with E-state index >= 15 is 0 Å². The molecule has 0 N–H and O–H groups in total. The van der Waals surface area contributed by atoms with Crippen LogP contribution < -0.4 is 9.64 Å². The third-order valence-corrected chi connectivity index (χ3v) is 6.84. The largest absolute Gasteiger partial charge is 0.488 e. The summed E-state index contributed by atoms with van der Waals surface area (Å²) in [7, 11) is 3.44. The van der Waals surface area contributed by atoms with Crippen LogP contribution in [0.25, 0.3) is 5.57 Å². The first-order valence-corrected chi connectivity index (χ1v) is 11.4. The first-order chi connectivity index (χ1) is 14.6. The Labute approximate surface area is 187 Å². The molecule has 2 aliphatic rings. The standard InChI is InChI=1S/C25H30BrNO3/c1-17-4-9-21-23(14-17)30-16-22(26)25(21)19-5-7-20(8-6-19)27-12-10-18(11-13-27)15-24(28-2)29-3/h4-9,14,18,24H,10-13,15-16H2,1-3H3. The van der Waals surface area contributed by atoms with E-state index in [0.717, 1.165) is 35.3 Å². The number of aryl methyl sites for hydroxylation is 1. The lowest BCUT2D eigenvalue weighted by Gasteiger charge is -2.34. The number of anilines is 1. The van der Waals surface area contributed by atoms with Crippen LogP contribution in [0.5, 0.6) is 5.75 Å². The summed E-state index contributed by atoms with van der Waals surface area (Å²) in [5, 5.41) is 0. The van der Waals surface area contributed by atoms with Crippen molar-refractivity contribution in [2.24, 2.45) is 5.92 Å². The lowest BCUT2D eigenvalue weighted by molar-refractivity contribution is -0.115. The van der Waals surface area contributed by atoms with Crippen LogP contribution in [0, 0.1) is 12.8 Å². The molecule has 0 atom stereocenters. The molecule has 1 fully saturated rings. The van der Waals surface area contributed by atoms with Gasteiger partial charge in [0.2, 0.25) is 0 Å². The fourth-order valence-electron chi connectivity index (χ4n) is 4.45. The zero-order valence-electron chi connectivity index (χ0n) is 18.0. The van der Waals surface area contributed by atoms with Crippen molar-refractivity contribution in [3.8, 4) is 5.75 Å². The molecule has 30 heavy (non-hydrogen) atoms. The van der Waals surface area contributed by atoms with Gasteiger partial charge >= 0.3 is 0 Å². The van der Waals surface area contributed by atoms with Crippen molar-refractivity contribution < 1.29 is 14.2 Å². The quantitative estimate of drug-likeness (QED) is 0.500. The van der Waals surface area contributed by atoms with Crippen LogP contribution in [0.3, 0.4) is 0 Å². The number of piperidine rings is 1. The van der Waals surface area contributed by atoms with Gasteiger partial charge < -0.3 is 19.1 Å². The van der Waals surface area contributed by atoms with Crippen LogP contribution in [-0.4, -0.2) is 40.2 Å². The molecule has 0 radical (unpaired) electrons. The number of halogens is 1. The molecule has 0 unspecified atom stereocenters. The molecule has 1 saturated heterocycles. The summed E-state index contributed by atoms with van der Waals surface area (Å²) in [6, 6.07) is 15.4. The van der Waals surface area contributed by atoms with Crippen LogP contribution >= 0.6 is 15.9 Å². The van der Waals surface area contributed by atoms with Crippen molar-refractivity contribution in [1.29, 1.82) is 0 Å². The monoisotopic (exact) mass is 471 g/mol. The number of ether oxygens (including phenoxy) is 3. The zero-order chi connectivity index (χ0) is 21.1. The van der Waals surface area contributed by atoms with Gasteiger partial charge in [-0.15, -0.1) is 0 Å². The predicted octanol–water partition coefficient (Wildman–Crippen LogP) is 5.77. The Morgan fingerprint density at radius 1 is 1.07 bits per heavy atom. The second-order valence-corrected chi connectivity index (χ2v) is 9.14. The van der Waals surface area contributed by atoms with Gasteiger partial charge in [0.25, 0.3) is 0 Å². The summed E-state index contributed by atoms with van der Waals surface area (Å²) < 4.78 is 17.7. The maximum Gasteiger partial charge on any atom is 0.157 e. The molecule has 160 valence electrons. The fraction of sp³-hybridized carbons (Fsp3) is 0.440. The van der Waals surface area contributed by atoms with Gasteiger partial charge in [0.05, 0.1) is 0 Å². The number of nitrogens with zero attached hydrogens (tertiary/aromatic N) is 1. The second kappa shape index (κ2) is 9.54. The van der Waals surface area contributed by atoms with E-state index in [0.29, 0.717) is 12.5 Å². The van der Waals surface area contributed by atoms with Crippen LogP contribution in [0.4, 0.5) is 5.69 Å². The van der Waals surface area contributed by atoms with Crippen molar-refractivity contribution in [3.05, 3.63) is 63.6 Å². The van der Waals surface area contributed by atoms with E-state index in [1.165, 1.54) is 35.2 Å². The van der Waals surface area contributed by atoms with Gasteiger partial charge in [-0.05, 0) is 55.0 Å². The summed E-state index contributed by atoms with van der Waals surface area (Å²) in [5.74, 6) is 1.62. The lowest BCUT2D eigenvalue weighted by Crippen LogP contribution is -2.35. The summed E-state index contributed by atoms with van der Waals surface area (Å²) in [5.41, 5.74) is 6.11. The zero-order valence-corrected chi connectivity index (χ0v) is 19.6. The summed E-state index contributed by atoms with van der Waals surface area (Å²) in [4.78, 5) is 2.49. The van der Waals surface area contributed by atoms with E-state index in [4.69, 9.17) is 14.2 Å². The number of hydrogen-bond donors (Lipinski definition) is 0. The topological polar surface area (TPSA) is 30.9 Å². The smallest absolute Gasteiger partial charge is 0.157 e. The van der Waals surface area contributed by atoms with E-state index in [1.807, 2.05) is 0 Å². The van der Waals surface area contributed by atoms with Gasteiger partial charge in [0.1, 0.15) is 12.4 Å². The summed E-state index contributed by atoms with van der Waals surface area (Å²) in [6.45, 7) is 4.82. The molecule has 0 saturated carbocycles. The predicted molar refractivity (Wildman–Crippen MR) is 125 cm³/mol. The number of methoxy groups -OCH3 is 2. The Kier molecular flexibility index (Phi) is 6.81. The van der Waals surface area contributed by atoms with E-state index in [2.05, 4.69) is 70.2 Å².